The number of rotatable bonds is 9. The van der Waals surface area contributed by atoms with Crippen molar-refractivity contribution in [3.63, 3.8) is 0 Å². The molecule has 0 bridgehead atoms. The number of nitrogens with one attached hydrogen (secondary N) is 3. The molecule has 1 aromatic heterocycles. The molecule has 0 spiro atoms. The van der Waals surface area contributed by atoms with Crippen LogP contribution < -0.4 is 15.4 Å². The first-order valence-electron chi connectivity index (χ1n) is 9.10. The van der Waals surface area contributed by atoms with E-state index in [-0.39, 0.29) is 5.75 Å². The molecule has 1 heterocycles. The number of anilines is 2. The van der Waals surface area contributed by atoms with Crippen molar-refractivity contribution in [3.05, 3.63) is 89.7 Å². The second-order valence-electron chi connectivity index (χ2n) is 6.53. The molecule has 0 radical (unpaired) electrons. The number of aromatic nitrogens is 1. The monoisotopic (exact) mass is 423 g/mol. The minimum Gasteiger partial charge on any atom is -0.361 e. The topological polar surface area (TPSA) is 127 Å². The van der Waals surface area contributed by atoms with E-state index in [1.54, 1.807) is 60.9 Å². The number of benzene rings is 2. The van der Waals surface area contributed by atoms with Crippen LogP contribution in [0.25, 0.3) is 0 Å². The van der Waals surface area contributed by atoms with Crippen molar-refractivity contribution >= 4 is 21.4 Å². The van der Waals surface area contributed by atoms with Crippen LogP contribution in [0.4, 0.5) is 11.4 Å². The van der Waals surface area contributed by atoms with Crippen molar-refractivity contribution in [3.8, 4) is 6.07 Å². The van der Waals surface area contributed by atoms with Crippen molar-refractivity contribution < 1.29 is 13.5 Å². The van der Waals surface area contributed by atoms with Crippen LogP contribution >= 0.6 is 0 Å². The lowest BCUT2D eigenvalue weighted by Gasteiger charge is -2.16. The fraction of sp³-hybridized carbons (Fsp3) is 0.143. The number of nitrogens with zero attached hydrogens (tertiary/aromatic N) is 2. The molecule has 0 aliphatic heterocycles. The molecule has 154 valence electrons. The minimum atomic E-state index is -3.60. The average molecular weight is 423 g/mol. The van der Waals surface area contributed by atoms with E-state index >= 15 is 0 Å². The molecule has 0 amide bonds. The van der Waals surface area contributed by atoms with Crippen LogP contribution in [0.5, 0.6) is 0 Å². The van der Waals surface area contributed by atoms with Gasteiger partial charge in [0.05, 0.1) is 17.4 Å². The third kappa shape index (κ3) is 6.56. The second-order valence-corrected chi connectivity index (χ2v) is 8.25. The van der Waals surface area contributed by atoms with Crippen molar-refractivity contribution in [2.75, 3.05) is 10.0 Å². The van der Waals surface area contributed by atoms with E-state index in [0.717, 1.165) is 5.56 Å². The highest BCUT2D eigenvalue weighted by Gasteiger charge is 2.12. The summed E-state index contributed by atoms with van der Waals surface area (Å²) in [7, 11) is -3.60. The van der Waals surface area contributed by atoms with E-state index in [1.165, 1.54) is 0 Å². The molecule has 30 heavy (non-hydrogen) atoms. The molecule has 0 saturated heterocycles. The van der Waals surface area contributed by atoms with Crippen molar-refractivity contribution in [1.82, 2.24) is 10.3 Å². The Kier molecular flexibility index (Phi) is 6.98. The molecule has 0 aliphatic carbocycles. The predicted octanol–water partition coefficient (Wildman–Crippen LogP) is 2.37. The summed E-state index contributed by atoms with van der Waals surface area (Å²) in [5.74, 6) is -0.198. The normalized spacial score (nSPS) is 12.0. The molecule has 0 fully saturated rings. The fourth-order valence-corrected chi connectivity index (χ4v) is 3.87. The summed E-state index contributed by atoms with van der Waals surface area (Å²) >= 11 is 0. The smallest absolute Gasteiger partial charge is 0.236 e. The van der Waals surface area contributed by atoms with Gasteiger partial charge in [0.2, 0.25) is 10.0 Å². The van der Waals surface area contributed by atoms with Gasteiger partial charge in [-0.25, -0.2) is 8.42 Å². The van der Waals surface area contributed by atoms with Gasteiger partial charge in [0.15, 0.2) is 6.35 Å². The van der Waals surface area contributed by atoms with Gasteiger partial charge in [-0.05, 0) is 59.7 Å². The van der Waals surface area contributed by atoms with Gasteiger partial charge in [-0.2, -0.15) is 5.26 Å². The highest BCUT2D eigenvalue weighted by Crippen LogP contribution is 2.17. The Morgan fingerprint density at radius 3 is 2.20 bits per heavy atom. The van der Waals surface area contributed by atoms with Crippen LogP contribution in [0.3, 0.4) is 0 Å². The first-order chi connectivity index (χ1) is 14.4. The molecular formula is C21H21N5O3S. The summed E-state index contributed by atoms with van der Waals surface area (Å²) in [6.45, 7) is 0.462. The molecule has 2 aromatic carbocycles. The quantitative estimate of drug-likeness (QED) is 0.389. The Balaban J connectivity index is 1.52. The van der Waals surface area contributed by atoms with Gasteiger partial charge in [0, 0.05) is 30.3 Å². The molecule has 0 saturated carbocycles. The van der Waals surface area contributed by atoms with E-state index in [4.69, 9.17) is 5.26 Å². The van der Waals surface area contributed by atoms with Crippen molar-refractivity contribution in [2.45, 2.75) is 18.6 Å². The molecule has 3 rings (SSSR count). The summed E-state index contributed by atoms with van der Waals surface area (Å²) in [5, 5.41) is 24.7. The largest absolute Gasteiger partial charge is 0.361 e. The van der Waals surface area contributed by atoms with Crippen LogP contribution in [0.1, 0.15) is 16.7 Å². The number of nitriles is 1. The number of hydrogen-bond donors (Lipinski definition) is 4. The summed E-state index contributed by atoms with van der Waals surface area (Å²) in [5.41, 5.74) is 3.08. The Hall–Kier alpha value is -3.45. The number of hydrogen-bond acceptors (Lipinski definition) is 7. The maximum atomic E-state index is 12.4. The van der Waals surface area contributed by atoms with E-state index in [0.29, 0.717) is 29.0 Å². The highest BCUT2D eigenvalue weighted by atomic mass is 32.2. The van der Waals surface area contributed by atoms with E-state index < -0.39 is 16.4 Å². The van der Waals surface area contributed by atoms with Crippen LogP contribution in [0.2, 0.25) is 0 Å². The third-order valence-corrected chi connectivity index (χ3v) is 5.41. The van der Waals surface area contributed by atoms with E-state index in [9.17, 15) is 13.5 Å². The molecule has 9 heteroatoms. The average Bonchev–Trinajstić information content (AvgIpc) is 2.74. The number of sulfonamides is 1. The van der Waals surface area contributed by atoms with Crippen molar-refractivity contribution in [1.29, 1.82) is 5.26 Å². The molecule has 1 atom stereocenters. The van der Waals surface area contributed by atoms with Gasteiger partial charge in [-0.1, -0.05) is 12.1 Å². The molecule has 4 N–H and O–H groups in total. The Morgan fingerprint density at radius 2 is 1.57 bits per heavy atom. The maximum Gasteiger partial charge on any atom is 0.236 e. The van der Waals surface area contributed by atoms with Gasteiger partial charge in [-0.15, -0.1) is 0 Å². The van der Waals surface area contributed by atoms with Gasteiger partial charge >= 0.3 is 0 Å². The lowest BCUT2D eigenvalue weighted by atomic mass is 10.2. The predicted molar refractivity (Wildman–Crippen MR) is 115 cm³/mol. The molecule has 0 aliphatic rings. The summed E-state index contributed by atoms with van der Waals surface area (Å²) in [6, 6.07) is 18.6. The number of aliphatic hydroxyl groups excluding tert-OH is 1. The zero-order valence-electron chi connectivity index (χ0n) is 16.0. The Bertz CT molecular complexity index is 1100. The van der Waals surface area contributed by atoms with Gasteiger partial charge < -0.3 is 10.4 Å². The SMILES string of the molecule is N#Cc1ccc(CS(=O)(=O)Nc2ccc(NC(O)NCc3ccncc3)cc2)cc1. The van der Waals surface area contributed by atoms with Crippen LogP contribution in [-0.2, 0) is 22.3 Å². The standard InChI is InChI=1S/C21H21N5O3S/c22-13-16-1-3-18(4-2-16)15-30(28,29)26-20-7-5-19(6-8-20)25-21(27)24-14-17-9-11-23-12-10-17/h1-12,21,24-27H,14-15H2. The van der Waals surface area contributed by atoms with Gasteiger partial charge in [0.25, 0.3) is 0 Å². The first-order valence-corrected chi connectivity index (χ1v) is 10.8. The summed E-state index contributed by atoms with van der Waals surface area (Å²) < 4.78 is 27.2. The zero-order valence-corrected chi connectivity index (χ0v) is 16.8. The second kappa shape index (κ2) is 9.84. The van der Waals surface area contributed by atoms with Crippen molar-refractivity contribution in [2.24, 2.45) is 0 Å². The van der Waals surface area contributed by atoms with Crippen LogP contribution in [0.15, 0.2) is 73.1 Å². The van der Waals surface area contributed by atoms with Gasteiger partial charge in [-0.3, -0.25) is 15.0 Å². The van der Waals surface area contributed by atoms with Crippen LogP contribution in [0, 0.1) is 11.3 Å². The zero-order chi connectivity index (χ0) is 21.4. The minimum absolute atomic E-state index is 0.198. The molecule has 3 aromatic rings. The lowest BCUT2D eigenvalue weighted by molar-refractivity contribution is 0.163. The Labute approximate surface area is 175 Å². The molecular weight excluding hydrogens is 402 g/mol. The Morgan fingerprint density at radius 1 is 0.933 bits per heavy atom. The third-order valence-electron chi connectivity index (χ3n) is 4.15. The number of pyridine rings is 1. The molecule has 8 nitrogen and oxygen atoms in total. The van der Waals surface area contributed by atoms with Crippen LogP contribution in [-0.4, -0.2) is 24.9 Å². The van der Waals surface area contributed by atoms with E-state index in [1.807, 2.05) is 18.2 Å². The maximum absolute atomic E-state index is 12.4. The first kappa shape index (κ1) is 21.3. The fourth-order valence-electron chi connectivity index (χ4n) is 2.67. The molecule has 1 unspecified atom stereocenters. The van der Waals surface area contributed by atoms with Gasteiger partial charge in [0.1, 0.15) is 0 Å². The van der Waals surface area contributed by atoms with E-state index in [2.05, 4.69) is 20.3 Å². The lowest BCUT2D eigenvalue weighted by Crippen LogP contribution is -2.35. The summed E-state index contributed by atoms with van der Waals surface area (Å²) in [4.78, 5) is 3.94. The highest BCUT2D eigenvalue weighted by molar-refractivity contribution is 7.91. The summed E-state index contributed by atoms with van der Waals surface area (Å²) in [6.07, 6.45) is 2.38. The number of aliphatic hydroxyl groups is 1.